The van der Waals surface area contributed by atoms with Gasteiger partial charge in [0.1, 0.15) is 5.82 Å². The normalized spacial score (nSPS) is 14.9. The van der Waals surface area contributed by atoms with Crippen molar-refractivity contribution >= 4 is 21.8 Å². The molecular weight excluding hydrogens is 593 g/mol. The number of hydrogen-bond donors (Lipinski definition) is 0. The van der Waals surface area contributed by atoms with Gasteiger partial charge in [0.05, 0.1) is 11.0 Å². The van der Waals surface area contributed by atoms with Crippen LogP contribution in [0.1, 0.15) is 49.9 Å². The van der Waals surface area contributed by atoms with E-state index in [1.807, 2.05) is 0 Å². The molecule has 234 valence electrons. The molecule has 2 nitrogen and oxygen atoms in total. The summed E-state index contributed by atoms with van der Waals surface area (Å²) in [5, 5.41) is 2.61. The number of imidazole rings is 1. The first kappa shape index (κ1) is 28.3. The van der Waals surface area contributed by atoms with Gasteiger partial charge in [-0.05, 0) is 96.7 Å². The molecule has 0 saturated carbocycles. The van der Waals surface area contributed by atoms with Crippen molar-refractivity contribution in [3.8, 4) is 50.5 Å². The van der Waals surface area contributed by atoms with E-state index in [4.69, 9.17) is 4.98 Å². The molecular formula is C47H36N2. The van der Waals surface area contributed by atoms with Crippen LogP contribution in [-0.4, -0.2) is 9.55 Å². The lowest BCUT2D eigenvalue weighted by atomic mass is 9.72. The third kappa shape index (κ3) is 3.80. The quantitative estimate of drug-likeness (QED) is 0.190. The molecule has 1 aromatic heterocycles. The van der Waals surface area contributed by atoms with Crippen LogP contribution in [0.3, 0.4) is 0 Å². The second kappa shape index (κ2) is 9.90. The lowest BCUT2D eigenvalue weighted by molar-refractivity contribution is 0.601. The van der Waals surface area contributed by atoms with Gasteiger partial charge in [0.2, 0.25) is 0 Å². The molecule has 2 aliphatic carbocycles. The van der Waals surface area contributed by atoms with Gasteiger partial charge in [-0.1, -0.05) is 143 Å². The van der Waals surface area contributed by atoms with Crippen LogP contribution in [0.15, 0.2) is 146 Å². The number of rotatable bonds is 3. The van der Waals surface area contributed by atoms with Crippen LogP contribution in [0.25, 0.3) is 72.3 Å². The first-order chi connectivity index (χ1) is 23.8. The molecule has 1 heterocycles. The molecule has 7 aromatic carbocycles. The third-order valence-electron chi connectivity index (χ3n) is 11.4. The lowest BCUT2D eigenvalue weighted by Crippen LogP contribution is -2.24. The summed E-state index contributed by atoms with van der Waals surface area (Å²) in [6.07, 6.45) is 0. The summed E-state index contributed by atoms with van der Waals surface area (Å²) in [5.41, 5.74) is 17.9. The largest absolute Gasteiger partial charge is 0.292 e. The molecule has 0 aliphatic heterocycles. The number of aromatic nitrogens is 2. The molecule has 0 fully saturated rings. The Hall–Kier alpha value is -5.73. The molecule has 0 unspecified atom stereocenters. The SMILES string of the molecule is CC1(C)c2ccccc2-c2ccc3c(c21)C(C)(C)c1cc(-c2ccc(-c4nc5ccccc5n4-c4ccccc4)cc2)c2ccccc2c1-3. The molecule has 0 N–H and O–H groups in total. The molecule has 2 heteroatoms. The number of fused-ring (bicyclic) bond motifs is 10. The summed E-state index contributed by atoms with van der Waals surface area (Å²) in [5.74, 6) is 0.951. The second-order valence-electron chi connectivity index (χ2n) is 14.8. The van der Waals surface area contributed by atoms with Gasteiger partial charge in [0.15, 0.2) is 0 Å². The highest BCUT2D eigenvalue weighted by molar-refractivity contribution is 6.10. The molecule has 10 rings (SSSR count). The van der Waals surface area contributed by atoms with Crippen molar-refractivity contribution < 1.29 is 0 Å². The fraction of sp³-hybridized carbons (Fsp3) is 0.128. The Morgan fingerprint density at radius 1 is 0.469 bits per heavy atom. The van der Waals surface area contributed by atoms with Crippen LogP contribution in [0.4, 0.5) is 0 Å². The van der Waals surface area contributed by atoms with Crippen LogP contribution >= 0.6 is 0 Å². The minimum absolute atomic E-state index is 0.0682. The molecule has 0 atom stereocenters. The standard InChI is InChI=1S/C47H36N2/c1-46(2)38-19-11-10-17-33(38)35-26-27-36-42-34-18-9-8-16-32(34)37(28-39(42)47(3,4)44(36)43(35)46)29-22-24-30(25-23-29)45-48-40-20-12-13-21-41(40)49(45)31-14-6-5-7-15-31/h5-28H,1-4H3. The van der Waals surface area contributed by atoms with Crippen LogP contribution in [0.5, 0.6) is 0 Å². The highest BCUT2D eigenvalue weighted by atomic mass is 15.1. The fourth-order valence-electron chi connectivity index (χ4n) is 9.12. The van der Waals surface area contributed by atoms with Crippen LogP contribution in [-0.2, 0) is 10.8 Å². The Kier molecular flexibility index (Phi) is 5.72. The predicted octanol–water partition coefficient (Wildman–Crippen LogP) is 12.1. The predicted molar refractivity (Wildman–Crippen MR) is 205 cm³/mol. The van der Waals surface area contributed by atoms with Gasteiger partial charge < -0.3 is 0 Å². The van der Waals surface area contributed by atoms with Crippen molar-refractivity contribution in [3.05, 3.63) is 168 Å². The maximum Gasteiger partial charge on any atom is 0.145 e. The van der Waals surface area contributed by atoms with Crippen LogP contribution < -0.4 is 0 Å². The van der Waals surface area contributed by atoms with E-state index in [9.17, 15) is 0 Å². The van der Waals surface area contributed by atoms with E-state index in [1.54, 1.807) is 0 Å². The first-order valence-corrected chi connectivity index (χ1v) is 17.3. The number of nitrogens with zero attached hydrogens (tertiary/aromatic N) is 2. The average molecular weight is 629 g/mol. The summed E-state index contributed by atoms with van der Waals surface area (Å²) in [6, 6.07) is 53.2. The molecule has 0 bridgehead atoms. The summed E-state index contributed by atoms with van der Waals surface area (Å²) in [4.78, 5) is 5.12. The molecule has 49 heavy (non-hydrogen) atoms. The molecule has 0 radical (unpaired) electrons. The minimum atomic E-state index is -0.158. The highest BCUT2D eigenvalue weighted by Crippen LogP contribution is 2.60. The number of benzene rings is 7. The first-order valence-electron chi connectivity index (χ1n) is 17.3. The van der Waals surface area contributed by atoms with E-state index in [0.717, 1.165) is 28.1 Å². The maximum absolute atomic E-state index is 5.12. The molecule has 0 amide bonds. The van der Waals surface area contributed by atoms with Gasteiger partial charge in [-0.15, -0.1) is 0 Å². The monoisotopic (exact) mass is 628 g/mol. The van der Waals surface area contributed by atoms with Gasteiger partial charge in [0, 0.05) is 22.1 Å². The zero-order chi connectivity index (χ0) is 33.1. The number of para-hydroxylation sites is 3. The van der Waals surface area contributed by atoms with Crippen LogP contribution in [0, 0.1) is 0 Å². The van der Waals surface area contributed by atoms with Crippen molar-refractivity contribution in [2.75, 3.05) is 0 Å². The van der Waals surface area contributed by atoms with E-state index >= 15 is 0 Å². The van der Waals surface area contributed by atoms with Crippen molar-refractivity contribution in [2.45, 2.75) is 38.5 Å². The van der Waals surface area contributed by atoms with E-state index in [1.165, 1.54) is 66.4 Å². The second-order valence-corrected chi connectivity index (χ2v) is 14.8. The van der Waals surface area contributed by atoms with Gasteiger partial charge >= 0.3 is 0 Å². The zero-order valence-corrected chi connectivity index (χ0v) is 28.3. The Morgan fingerprint density at radius 2 is 1.08 bits per heavy atom. The lowest BCUT2D eigenvalue weighted by Gasteiger charge is -2.31. The minimum Gasteiger partial charge on any atom is -0.292 e. The van der Waals surface area contributed by atoms with E-state index in [0.29, 0.717) is 0 Å². The zero-order valence-electron chi connectivity index (χ0n) is 28.3. The Bertz CT molecular complexity index is 2640. The van der Waals surface area contributed by atoms with Crippen LogP contribution in [0.2, 0.25) is 0 Å². The van der Waals surface area contributed by atoms with E-state index in [2.05, 4.69) is 178 Å². The third-order valence-corrected chi connectivity index (χ3v) is 11.4. The smallest absolute Gasteiger partial charge is 0.145 e. The topological polar surface area (TPSA) is 17.8 Å². The van der Waals surface area contributed by atoms with Gasteiger partial charge in [-0.3, -0.25) is 4.57 Å². The van der Waals surface area contributed by atoms with Gasteiger partial charge in [-0.25, -0.2) is 4.98 Å². The van der Waals surface area contributed by atoms with E-state index in [-0.39, 0.29) is 10.8 Å². The summed E-state index contributed by atoms with van der Waals surface area (Å²) in [7, 11) is 0. The Labute approximate surface area is 287 Å². The van der Waals surface area contributed by atoms with Crippen molar-refractivity contribution in [1.82, 2.24) is 9.55 Å². The van der Waals surface area contributed by atoms with Gasteiger partial charge in [-0.2, -0.15) is 0 Å². The van der Waals surface area contributed by atoms with E-state index < -0.39 is 0 Å². The molecule has 0 spiro atoms. The van der Waals surface area contributed by atoms with Crippen molar-refractivity contribution in [3.63, 3.8) is 0 Å². The maximum atomic E-state index is 5.12. The summed E-state index contributed by atoms with van der Waals surface area (Å²) in [6.45, 7) is 9.70. The van der Waals surface area contributed by atoms with Crippen molar-refractivity contribution in [2.24, 2.45) is 0 Å². The van der Waals surface area contributed by atoms with Crippen molar-refractivity contribution in [1.29, 1.82) is 0 Å². The summed E-state index contributed by atoms with van der Waals surface area (Å²) >= 11 is 0. The molecule has 8 aromatic rings. The highest BCUT2D eigenvalue weighted by Gasteiger charge is 2.46. The number of hydrogen-bond acceptors (Lipinski definition) is 1. The molecule has 0 saturated heterocycles. The summed E-state index contributed by atoms with van der Waals surface area (Å²) < 4.78 is 2.27. The average Bonchev–Trinajstić information content (AvgIpc) is 3.72. The Balaban J connectivity index is 1.15. The Morgan fingerprint density at radius 3 is 1.90 bits per heavy atom. The fourth-order valence-corrected chi connectivity index (χ4v) is 9.12. The van der Waals surface area contributed by atoms with Gasteiger partial charge in [0.25, 0.3) is 0 Å². The molecule has 2 aliphatic rings.